The molecule has 1 heterocycles. The van der Waals surface area contributed by atoms with E-state index in [-0.39, 0.29) is 18.6 Å². The van der Waals surface area contributed by atoms with Crippen molar-refractivity contribution in [1.82, 2.24) is 4.90 Å². The molecule has 2 amide bonds. The number of carbonyl (C=O) groups is 3. The van der Waals surface area contributed by atoms with Crippen LogP contribution in [-0.2, 0) is 9.59 Å². The van der Waals surface area contributed by atoms with Crippen LogP contribution in [0, 0.1) is 0 Å². The smallest absolute Gasteiger partial charge is 0.422 e. The van der Waals surface area contributed by atoms with Gasteiger partial charge in [0.15, 0.2) is 0 Å². The van der Waals surface area contributed by atoms with Gasteiger partial charge in [-0.25, -0.2) is 14.5 Å². The lowest BCUT2D eigenvalue weighted by Gasteiger charge is -2.23. The normalized spacial score (nSPS) is 16.8. The molecule has 2 rings (SSSR count). The molecular weight excluding hydrogens is 371 g/mol. The maximum Gasteiger partial charge on any atom is 0.422 e. The third kappa shape index (κ3) is 4.76. The lowest BCUT2D eigenvalue weighted by Crippen LogP contribution is -2.44. The van der Waals surface area contributed by atoms with Crippen molar-refractivity contribution in [1.29, 1.82) is 0 Å². The van der Waals surface area contributed by atoms with Gasteiger partial charge in [-0.3, -0.25) is 4.79 Å². The molecule has 0 spiro atoms. The van der Waals surface area contributed by atoms with Crippen LogP contribution in [0.3, 0.4) is 0 Å². The average molecular weight is 389 g/mol. The number of aliphatic carboxylic acids is 1. The molecule has 1 atom stereocenters. The molecule has 136 valence electrons. The van der Waals surface area contributed by atoms with Gasteiger partial charge in [-0.05, 0) is 30.7 Å². The summed E-state index contributed by atoms with van der Waals surface area (Å²) in [5, 5.41) is 9.09. The zero-order valence-electron chi connectivity index (χ0n) is 13.4. The van der Waals surface area contributed by atoms with Crippen LogP contribution in [0.5, 0.6) is 5.75 Å². The third-order valence-corrected chi connectivity index (χ3v) is 4.15. The second-order valence-corrected chi connectivity index (χ2v) is 6.14. The number of likely N-dealkylation sites (tertiary alicyclic amines) is 1. The van der Waals surface area contributed by atoms with Crippen molar-refractivity contribution in [2.24, 2.45) is 0 Å². The Kier molecular flexibility index (Phi) is 6.90. The highest BCUT2D eigenvalue weighted by atomic mass is 35.5. The molecule has 1 aliphatic rings. The molecule has 1 saturated heterocycles. The Morgan fingerprint density at radius 3 is 2.32 bits per heavy atom. The van der Waals surface area contributed by atoms with E-state index in [2.05, 4.69) is 0 Å². The van der Waals surface area contributed by atoms with Crippen LogP contribution in [0.2, 0.25) is 0 Å². The molecule has 1 N–H and O–H groups in total. The summed E-state index contributed by atoms with van der Waals surface area (Å²) in [6.45, 7) is 1.24. The summed E-state index contributed by atoms with van der Waals surface area (Å²) in [6, 6.07) is 5.43. The SMILES string of the molecule is O=C(O)[C@@H]1CCC(=O)N1C(=O)Oc1ccc(N(CCCl)CCCl)cc1. The molecule has 1 aromatic rings. The number of carboxylic acids is 1. The molecule has 1 aromatic carbocycles. The minimum atomic E-state index is -1.23. The first-order chi connectivity index (χ1) is 12.0. The van der Waals surface area contributed by atoms with Gasteiger partial charge < -0.3 is 14.7 Å². The van der Waals surface area contributed by atoms with Crippen LogP contribution in [-0.4, -0.2) is 58.9 Å². The summed E-state index contributed by atoms with van der Waals surface area (Å²) in [4.78, 5) is 37.6. The van der Waals surface area contributed by atoms with Gasteiger partial charge in [0, 0.05) is 37.0 Å². The zero-order chi connectivity index (χ0) is 18.4. The van der Waals surface area contributed by atoms with E-state index < -0.39 is 24.0 Å². The van der Waals surface area contributed by atoms with Gasteiger partial charge in [-0.1, -0.05) is 0 Å². The van der Waals surface area contributed by atoms with Crippen molar-refractivity contribution >= 4 is 46.9 Å². The van der Waals surface area contributed by atoms with E-state index in [4.69, 9.17) is 33.0 Å². The molecule has 1 aliphatic heterocycles. The minimum Gasteiger partial charge on any atom is -0.480 e. The number of ether oxygens (including phenoxy) is 1. The van der Waals surface area contributed by atoms with Crippen molar-refractivity contribution in [2.75, 3.05) is 29.7 Å². The molecule has 0 aliphatic carbocycles. The number of halogens is 2. The van der Waals surface area contributed by atoms with Crippen molar-refractivity contribution in [3.05, 3.63) is 24.3 Å². The van der Waals surface area contributed by atoms with Gasteiger partial charge in [-0.15, -0.1) is 23.2 Å². The molecule has 0 radical (unpaired) electrons. The summed E-state index contributed by atoms with van der Waals surface area (Å²) in [5.41, 5.74) is 0.863. The fourth-order valence-electron chi connectivity index (χ4n) is 2.60. The van der Waals surface area contributed by atoms with Crippen LogP contribution in [0.15, 0.2) is 24.3 Å². The lowest BCUT2D eigenvalue weighted by atomic mass is 10.2. The van der Waals surface area contributed by atoms with Crippen LogP contribution < -0.4 is 9.64 Å². The number of alkyl halides is 2. The highest BCUT2D eigenvalue weighted by molar-refractivity contribution is 6.18. The molecule has 7 nitrogen and oxygen atoms in total. The number of amides is 2. The van der Waals surface area contributed by atoms with E-state index in [1.54, 1.807) is 24.3 Å². The second kappa shape index (κ2) is 8.92. The Morgan fingerprint density at radius 1 is 1.20 bits per heavy atom. The van der Waals surface area contributed by atoms with Crippen LogP contribution in [0.25, 0.3) is 0 Å². The number of benzene rings is 1. The minimum absolute atomic E-state index is 0.0107. The second-order valence-electron chi connectivity index (χ2n) is 5.38. The molecule has 0 saturated carbocycles. The van der Waals surface area contributed by atoms with E-state index in [1.165, 1.54) is 0 Å². The molecule has 0 bridgehead atoms. The largest absolute Gasteiger partial charge is 0.480 e. The Morgan fingerprint density at radius 2 is 1.80 bits per heavy atom. The van der Waals surface area contributed by atoms with Crippen molar-refractivity contribution in [3.8, 4) is 5.75 Å². The quantitative estimate of drug-likeness (QED) is 0.722. The first-order valence-corrected chi connectivity index (χ1v) is 8.78. The van der Waals surface area contributed by atoms with Crippen LogP contribution >= 0.6 is 23.2 Å². The first kappa shape index (κ1) is 19.3. The van der Waals surface area contributed by atoms with Gasteiger partial charge in [0.2, 0.25) is 5.91 Å². The van der Waals surface area contributed by atoms with Gasteiger partial charge in [0.05, 0.1) is 0 Å². The number of hydrogen-bond acceptors (Lipinski definition) is 5. The molecule has 25 heavy (non-hydrogen) atoms. The Hall–Kier alpha value is -1.99. The van der Waals surface area contributed by atoms with E-state index in [0.29, 0.717) is 29.7 Å². The van der Waals surface area contributed by atoms with Gasteiger partial charge in [-0.2, -0.15) is 0 Å². The van der Waals surface area contributed by atoms with E-state index in [9.17, 15) is 14.4 Å². The van der Waals surface area contributed by atoms with E-state index >= 15 is 0 Å². The predicted octanol–water partition coefficient (Wildman–Crippen LogP) is 2.55. The Labute approximate surface area is 155 Å². The molecule has 0 unspecified atom stereocenters. The first-order valence-electron chi connectivity index (χ1n) is 7.71. The number of hydrogen-bond donors (Lipinski definition) is 1. The molecular formula is C16H18Cl2N2O5. The topological polar surface area (TPSA) is 87.2 Å². The molecule has 0 aromatic heterocycles. The summed E-state index contributed by atoms with van der Waals surface area (Å²) in [5.74, 6) is -0.669. The van der Waals surface area contributed by atoms with E-state index in [1.807, 2.05) is 4.90 Å². The number of carboxylic acid groups (broad SMARTS) is 1. The van der Waals surface area contributed by atoms with Crippen molar-refractivity contribution in [2.45, 2.75) is 18.9 Å². The monoisotopic (exact) mass is 388 g/mol. The van der Waals surface area contributed by atoms with Gasteiger partial charge >= 0.3 is 12.1 Å². The number of carbonyl (C=O) groups excluding carboxylic acids is 2. The number of rotatable bonds is 7. The fourth-order valence-corrected chi connectivity index (χ4v) is 3.00. The Bertz CT molecular complexity index is 632. The van der Waals surface area contributed by atoms with Crippen LogP contribution in [0.4, 0.5) is 10.5 Å². The van der Waals surface area contributed by atoms with Gasteiger partial charge in [0.25, 0.3) is 0 Å². The zero-order valence-corrected chi connectivity index (χ0v) is 14.9. The molecule has 1 fully saturated rings. The average Bonchev–Trinajstić information content (AvgIpc) is 2.97. The van der Waals surface area contributed by atoms with Gasteiger partial charge in [0.1, 0.15) is 11.8 Å². The predicted molar refractivity (Wildman–Crippen MR) is 93.6 cm³/mol. The summed E-state index contributed by atoms with van der Waals surface area (Å²) >= 11 is 11.5. The summed E-state index contributed by atoms with van der Waals surface area (Å²) in [7, 11) is 0. The Balaban J connectivity index is 2.06. The maximum absolute atomic E-state index is 12.1. The highest BCUT2D eigenvalue weighted by Gasteiger charge is 2.41. The number of anilines is 1. The van der Waals surface area contributed by atoms with E-state index in [0.717, 1.165) is 5.69 Å². The maximum atomic E-state index is 12.1. The number of imide groups is 1. The van der Waals surface area contributed by atoms with Crippen LogP contribution in [0.1, 0.15) is 12.8 Å². The lowest BCUT2D eigenvalue weighted by molar-refractivity contribution is -0.144. The molecule has 9 heteroatoms. The third-order valence-electron chi connectivity index (χ3n) is 3.81. The number of nitrogens with zero attached hydrogens (tertiary/aromatic N) is 2. The highest BCUT2D eigenvalue weighted by Crippen LogP contribution is 2.23. The fraction of sp³-hybridized carbons (Fsp3) is 0.438. The summed E-state index contributed by atoms with van der Waals surface area (Å²) in [6.07, 6.45) is -0.883. The van der Waals surface area contributed by atoms with Crippen molar-refractivity contribution < 1.29 is 24.2 Å². The summed E-state index contributed by atoms with van der Waals surface area (Å²) < 4.78 is 5.14. The van der Waals surface area contributed by atoms with Crippen molar-refractivity contribution in [3.63, 3.8) is 0 Å². The standard InChI is InChI=1S/C16H18Cl2N2O5/c17-7-9-19(10-8-18)11-1-3-12(4-2-11)25-16(24)20-13(15(22)23)5-6-14(20)21/h1-4,13H,5-10H2,(H,22,23)/t13-/m0/s1.